The third-order valence-corrected chi connectivity index (χ3v) is 8.17. The van der Waals surface area contributed by atoms with Crippen LogP contribution in [-0.4, -0.2) is 32.9 Å². The van der Waals surface area contributed by atoms with E-state index >= 15 is 0 Å². The van der Waals surface area contributed by atoms with Crippen molar-refractivity contribution >= 4 is 29.4 Å². The number of nitrogens with one attached hydrogen (secondary N) is 1. The summed E-state index contributed by atoms with van der Waals surface area (Å²) in [6.07, 6.45) is 1.93. The van der Waals surface area contributed by atoms with Gasteiger partial charge < -0.3 is 9.30 Å². The number of ether oxygens (including phenoxy) is 1. The van der Waals surface area contributed by atoms with Gasteiger partial charge in [0, 0.05) is 50.3 Å². The second kappa shape index (κ2) is 11.0. The molecule has 0 unspecified atom stereocenters. The molecule has 1 aromatic heterocycles. The minimum atomic E-state index is -0.427. The third-order valence-electron chi connectivity index (χ3n) is 7.82. The summed E-state index contributed by atoms with van der Waals surface area (Å²) < 4.78 is 21.7. The first kappa shape index (κ1) is 27.0. The molecule has 2 aliphatic rings. The van der Waals surface area contributed by atoms with Crippen LogP contribution in [0.25, 0.3) is 11.4 Å². The molecule has 3 heterocycles. The molecular formula is C31H29ClFN5O3. The largest absolute Gasteiger partial charge is 0.489 e. The maximum absolute atomic E-state index is 14.0. The van der Waals surface area contributed by atoms with Crippen molar-refractivity contribution in [1.29, 1.82) is 0 Å². The molecule has 6 rings (SSSR count). The van der Waals surface area contributed by atoms with Gasteiger partial charge in [0.1, 0.15) is 29.8 Å². The van der Waals surface area contributed by atoms with Gasteiger partial charge in [-0.3, -0.25) is 19.9 Å². The van der Waals surface area contributed by atoms with Gasteiger partial charge in [0.2, 0.25) is 5.91 Å². The molecule has 1 fully saturated rings. The van der Waals surface area contributed by atoms with Crippen LogP contribution in [-0.2, 0) is 31.5 Å². The Kier molecular flexibility index (Phi) is 7.23. The Labute approximate surface area is 242 Å². The van der Waals surface area contributed by atoms with E-state index in [1.807, 2.05) is 35.9 Å². The first-order chi connectivity index (χ1) is 19.8. The van der Waals surface area contributed by atoms with Crippen LogP contribution in [0.3, 0.4) is 0 Å². The van der Waals surface area contributed by atoms with Crippen LogP contribution in [0.2, 0.25) is 5.02 Å². The number of rotatable bonds is 7. The minimum absolute atomic E-state index is 0.0635. The Bertz CT molecular complexity index is 1620. The lowest BCUT2D eigenvalue weighted by Crippen LogP contribution is -2.50. The fraction of sp³-hybridized carbons (Fsp3) is 0.258. The molecule has 41 heavy (non-hydrogen) atoms. The lowest BCUT2D eigenvalue weighted by Gasteiger charge is -2.26. The fourth-order valence-corrected chi connectivity index (χ4v) is 5.71. The molecule has 1 atom stereocenters. The second-order valence-corrected chi connectivity index (χ2v) is 10.8. The Morgan fingerprint density at radius 3 is 2.68 bits per heavy atom. The van der Waals surface area contributed by atoms with Crippen molar-refractivity contribution in [2.75, 3.05) is 11.4 Å². The highest BCUT2D eigenvalue weighted by Crippen LogP contribution is 2.37. The van der Waals surface area contributed by atoms with Crippen molar-refractivity contribution in [2.24, 2.45) is 7.05 Å². The van der Waals surface area contributed by atoms with Gasteiger partial charge in [0.25, 0.3) is 0 Å². The quantitative estimate of drug-likeness (QED) is 0.294. The van der Waals surface area contributed by atoms with E-state index < -0.39 is 6.03 Å². The molecule has 3 amide bonds. The number of fused-ring (bicyclic) bond motifs is 1. The number of amides is 3. The van der Waals surface area contributed by atoms with Gasteiger partial charge >= 0.3 is 6.03 Å². The summed E-state index contributed by atoms with van der Waals surface area (Å²) in [5, 5.41) is 2.71. The molecule has 1 saturated heterocycles. The van der Waals surface area contributed by atoms with Gasteiger partial charge in [-0.2, -0.15) is 0 Å². The summed E-state index contributed by atoms with van der Waals surface area (Å²) in [5.41, 5.74) is 4.97. The van der Waals surface area contributed by atoms with E-state index in [0.29, 0.717) is 28.7 Å². The normalized spacial score (nSPS) is 17.1. The number of anilines is 1. The Morgan fingerprint density at radius 2 is 1.93 bits per heavy atom. The maximum Gasteiger partial charge on any atom is 0.329 e. The van der Waals surface area contributed by atoms with Gasteiger partial charge in [-0.15, -0.1) is 0 Å². The summed E-state index contributed by atoms with van der Waals surface area (Å²) in [5.74, 6) is 1.41. The molecule has 3 aromatic carbocycles. The number of urea groups is 1. The SMILES string of the molecule is C[C@H]1c2ccc(-c3ncc(N4CCC(=O)NC4=O)n3C)cc2CN1Cc1ccc(OCc2c(F)cccc2Cl)cc1. The molecule has 1 N–H and O–H groups in total. The summed E-state index contributed by atoms with van der Waals surface area (Å²) in [7, 11) is 1.88. The molecule has 210 valence electrons. The van der Waals surface area contributed by atoms with Crippen LogP contribution in [0, 0.1) is 5.82 Å². The van der Waals surface area contributed by atoms with Crippen molar-refractivity contribution in [1.82, 2.24) is 19.8 Å². The summed E-state index contributed by atoms with van der Waals surface area (Å²) in [4.78, 5) is 32.4. The predicted octanol–water partition coefficient (Wildman–Crippen LogP) is 5.98. The highest BCUT2D eigenvalue weighted by atomic mass is 35.5. The molecule has 2 aliphatic heterocycles. The Balaban J connectivity index is 1.12. The van der Waals surface area contributed by atoms with Crippen molar-refractivity contribution in [3.8, 4) is 17.1 Å². The van der Waals surface area contributed by atoms with Crippen molar-refractivity contribution < 1.29 is 18.7 Å². The number of halogens is 2. The van der Waals surface area contributed by atoms with E-state index in [2.05, 4.69) is 40.3 Å². The summed E-state index contributed by atoms with van der Waals surface area (Å²) >= 11 is 6.11. The Hall–Kier alpha value is -4.21. The smallest absolute Gasteiger partial charge is 0.329 e. The number of imidazole rings is 1. The summed E-state index contributed by atoms with van der Waals surface area (Å²) in [6.45, 7) is 4.15. The van der Waals surface area contributed by atoms with E-state index in [0.717, 1.165) is 30.0 Å². The van der Waals surface area contributed by atoms with Crippen LogP contribution in [0.4, 0.5) is 15.0 Å². The predicted molar refractivity (Wildman–Crippen MR) is 154 cm³/mol. The standard InChI is InChI=1S/C31H29ClFN5O3/c1-19-24-11-8-21(30-34-15-29(36(30)2)38-13-12-28(39)35-31(38)40)14-22(24)17-37(19)16-20-6-9-23(10-7-20)41-18-25-26(32)4-3-5-27(25)33/h3-11,14-15,19H,12-13,16-18H2,1-2H3,(H,35,39,40)/t19-/m0/s1. The number of nitrogens with zero attached hydrogens (tertiary/aromatic N) is 4. The Morgan fingerprint density at radius 1 is 1.12 bits per heavy atom. The molecule has 0 aliphatic carbocycles. The number of carbonyl (C=O) groups excluding carboxylic acids is 2. The van der Waals surface area contributed by atoms with Gasteiger partial charge in [-0.25, -0.2) is 14.2 Å². The molecule has 8 nitrogen and oxygen atoms in total. The first-order valence-electron chi connectivity index (χ1n) is 13.4. The van der Waals surface area contributed by atoms with Crippen molar-refractivity contribution in [3.63, 3.8) is 0 Å². The zero-order chi connectivity index (χ0) is 28.7. The molecule has 10 heteroatoms. The number of benzene rings is 3. The minimum Gasteiger partial charge on any atom is -0.489 e. The van der Waals surface area contributed by atoms with Crippen LogP contribution < -0.4 is 15.0 Å². The molecule has 0 radical (unpaired) electrons. The van der Waals surface area contributed by atoms with Crippen LogP contribution in [0.5, 0.6) is 5.75 Å². The average molecular weight is 574 g/mol. The molecule has 0 saturated carbocycles. The number of aromatic nitrogens is 2. The molecule has 0 bridgehead atoms. The average Bonchev–Trinajstić information content (AvgIpc) is 3.48. The molecular weight excluding hydrogens is 545 g/mol. The van der Waals surface area contributed by atoms with Crippen LogP contribution in [0.15, 0.2) is 66.9 Å². The number of hydrogen-bond donors (Lipinski definition) is 1. The number of hydrogen-bond acceptors (Lipinski definition) is 5. The van der Waals surface area contributed by atoms with Crippen molar-refractivity contribution in [3.05, 3.63) is 100.0 Å². The lowest BCUT2D eigenvalue weighted by atomic mass is 10.0. The summed E-state index contributed by atoms with van der Waals surface area (Å²) in [6, 6.07) is 18.6. The van der Waals surface area contributed by atoms with E-state index in [1.165, 1.54) is 17.2 Å². The number of carbonyl (C=O) groups is 2. The number of imide groups is 1. The van der Waals surface area contributed by atoms with Gasteiger partial charge in [0.15, 0.2) is 0 Å². The van der Waals surface area contributed by atoms with Gasteiger partial charge in [-0.05, 0) is 53.9 Å². The monoisotopic (exact) mass is 573 g/mol. The second-order valence-electron chi connectivity index (χ2n) is 10.4. The van der Waals surface area contributed by atoms with E-state index in [1.54, 1.807) is 23.2 Å². The zero-order valence-electron chi connectivity index (χ0n) is 22.7. The lowest BCUT2D eigenvalue weighted by molar-refractivity contribution is -0.120. The van der Waals surface area contributed by atoms with Crippen LogP contribution >= 0.6 is 11.6 Å². The molecule has 4 aromatic rings. The van der Waals surface area contributed by atoms with Crippen LogP contribution in [0.1, 0.15) is 41.6 Å². The first-order valence-corrected chi connectivity index (χ1v) is 13.8. The van der Waals surface area contributed by atoms with Gasteiger partial charge in [0.05, 0.1) is 11.2 Å². The third kappa shape index (κ3) is 5.30. The molecule has 0 spiro atoms. The topological polar surface area (TPSA) is 79.7 Å². The zero-order valence-corrected chi connectivity index (χ0v) is 23.5. The van der Waals surface area contributed by atoms with E-state index in [4.69, 9.17) is 16.3 Å². The van der Waals surface area contributed by atoms with Gasteiger partial charge in [-0.1, -0.05) is 41.9 Å². The van der Waals surface area contributed by atoms with E-state index in [-0.39, 0.29) is 30.8 Å². The highest BCUT2D eigenvalue weighted by Gasteiger charge is 2.29. The van der Waals surface area contributed by atoms with E-state index in [9.17, 15) is 14.0 Å². The highest BCUT2D eigenvalue weighted by molar-refractivity contribution is 6.31. The maximum atomic E-state index is 14.0. The fourth-order valence-electron chi connectivity index (χ4n) is 5.49. The van der Waals surface area contributed by atoms with Crippen molar-refractivity contribution in [2.45, 2.75) is 39.1 Å².